The average Bonchev–Trinajstić information content (AvgIpc) is 2.73. The molecule has 0 radical (unpaired) electrons. The smallest absolute Gasteiger partial charge is 0.242 e. The van der Waals surface area contributed by atoms with E-state index in [4.69, 9.17) is 23.2 Å². The van der Waals surface area contributed by atoms with Gasteiger partial charge in [0.2, 0.25) is 11.8 Å². The molecule has 0 saturated carbocycles. The fraction of sp³-hybridized carbons (Fsp3) is 0.364. The second-order valence-corrected chi connectivity index (χ2v) is 8.47. The minimum atomic E-state index is -0.570. The van der Waals surface area contributed by atoms with E-state index in [9.17, 15) is 9.59 Å². The highest BCUT2D eigenvalue weighted by molar-refractivity contribution is 7.98. The lowest BCUT2D eigenvalue weighted by atomic mass is 10.1. The number of nitrogens with one attached hydrogen (secondary N) is 1. The highest BCUT2D eigenvalue weighted by Crippen LogP contribution is 2.27. The molecule has 7 heteroatoms. The highest BCUT2D eigenvalue weighted by Gasteiger charge is 2.28. The fourth-order valence-electron chi connectivity index (χ4n) is 3.01. The summed E-state index contributed by atoms with van der Waals surface area (Å²) in [7, 11) is 1.58. The Bertz CT molecular complexity index is 797. The van der Waals surface area contributed by atoms with E-state index in [1.165, 1.54) is 5.56 Å². The third kappa shape index (κ3) is 6.95. The molecule has 2 aromatic carbocycles. The summed E-state index contributed by atoms with van der Waals surface area (Å²) in [5.74, 6) is 1.24. The van der Waals surface area contributed by atoms with Crippen LogP contribution in [0.4, 0.5) is 0 Å². The number of benzene rings is 2. The summed E-state index contributed by atoms with van der Waals surface area (Å²) in [6.07, 6.45) is 0.845. The van der Waals surface area contributed by atoms with Crippen LogP contribution in [-0.2, 0) is 21.9 Å². The molecule has 2 amide bonds. The van der Waals surface area contributed by atoms with Gasteiger partial charge in [0.05, 0.1) is 0 Å². The van der Waals surface area contributed by atoms with Gasteiger partial charge in [0, 0.05) is 47.1 Å². The van der Waals surface area contributed by atoms with E-state index in [2.05, 4.69) is 17.4 Å². The van der Waals surface area contributed by atoms with E-state index < -0.39 is 6.04 Å². The molecule has 0 unspecified atom stereocenters. The number of thioether (sulfide) groups is 1. The molecule has 0 aliphatic rings. The maximum atomic E-state index is 13.0. The molecule has 2 aromatic rings. The average molecular weight is 453 g/mol. The topological polar surface area (TPSA) is 49.4 Å². The van der Waals surface area contributed by atoms with Gasteiger partial charge >= 0.3 is 0 Å². The Morgan fingerprint density at radius 3 is 2.31 bits per heavy atom. The van der Waals surface area contributed by atoms with Crippen molar-refractivity contribution in [3.63, 3.8) is 0 Å². The van der Waals surface area contributed by atoms with Gasteiger partial charge in [-0.3, -0.25) is 9.59 Å². The van der Waals surface area contributed by atoms with Crippen molar-refractivity contribution in [3.05, 3.63) is 69.7 Å². The largest absolute Gasteiger partial charge is 0.357 e. The van der Waals surface area contributed by atoms with E-state index in [0.29, 0.717) is 34.2 Å². The third-order valence-electron chi connectivity index (χ3n) is 4.59. The van der Waals surface area contributed by atoms with E-state index in [1.54, 1.807) is 41.9 Å². The van der Waals surface area contributed by atoms with Crippen LogP contribution in [0.25, 0.3) is 0 Å². The summed E-state index contributed by atoms with van der Waals surface area (Å²) < 4.78 is 0. The van der Waals surface area contributed by atoms with Crippen LogP contribution in [0.1, 0.15) is 30.9 Å². The number of halogens is 2. The van der Waals surface area contributed by atoms with Gasteiger partial charge in [-0.15, -0.1) is 0 Å². The molecule has 29 heavy (non-hydrogen) atoms. The molecule has 0 aromatic heterocycles. The highest BCUT2D eigenvalue weighted by atomic mass is 35.5. The first-order chi connectivity index (χ1) is 14.0. The molecule has 2 rings (SSSR count). The third-order valence-corrected chi connectivity index (χ3v) is 6.33. The number of rotatable bonds is 10. The Balaban J connectivity index is 2.09. The molecule has 0 spiro atoms. The Morgan fingerprint density at radius 2 is 1.72 bits per heavy atom. The van der Waals surface area contributed by atoms with Crippen molar-refractivity contribution in [3.8, 4) is 0 Å². The van der Waals surface area contributed by atoms with Gasteiger partial charge in [0.15, 0.2) is 0 Å². The van der Waals surface area contributed by atoms with Crippen LogP contribution < -0.4 is 5.32 Å². The second kappa shape index (κ2) is 12.1. The number of amides is 2. The summed E-state index contributed by atoms with van der Waals surface area (Å²) in [6, 6.07) is 14.8. The van der Waals surface area contributed by atoms with Crippen LogP contribution in [-0.4, -0.2) is 35.6 Å². The predicted molar refractivity (Wildman–Crippen MR) is 122 cm³/mol. The minimum absolute atomic E-state index is 0.0861. The van der Waals surface area contributed by atoms with Crippen molar-refractivity contribution < 1.29 is 9.59 Å². The van der Waals surface area contributed by atoms with Crippen LogP contribution in [0.2, 0.25) is 10.0 Å². The molecule has 0 aliphatic carbocycles. The lowest BCUT2D eigenvalue weighted by Gasteiger charge is -2.31. The zero-order valence-electron chi connectivity index (χ0n) is 16.7. The number of carbonyl (C=O) groups excluding carboxylic acids is 2. The van der Waals surface area contributed by atoms with Crippen molar-refractivity contribution in [2.75, 3.05) is 12.8 Å². The SMILES string of the molecule is CC[C@H](C(=O)NC)N(Cc1c(Cl)cccc1Cl)C(=O)CCSCc1ccccc1. The molecule has 4 nitrogen and oxygen atoms in total. The van der Waals surface area contributed by atoms with Crippen molar-refractivity contribution in [2.45, 2.75) is 38.1 Å². The molecular formula is C22H26Cl2N2O2S. The molecule has 156 valence electrons. The second-order valence-electron chi connectivity index (χ2n) is 6.55. The quantitative estimate of drug-likeness (QED) is 0.505. The molecule has 0 bridgehead atoms. The summed E-state index contributed by atoms with van der Waals surface area (Å²) in [5, 5.41) is 3.62. The first-order valence-electron chi connectivity index (χ1n) is 9.53. The molecular weight excluding hydrogens is 427 g/mol. The minimum Gasteiger partial charge on any atom is -0.357 e. The Kier molecular flexibility index (Phi) is 9.85. The van der Waals surface area contributed by atoms with Gasteiger partial charge in [-0.05, 0) is 24.1 Å². The number of nitrogens with zero attached hydrogens (tertiary/aromatic N) is 1. The normalized spacial score (nSPS) is 11.7. The van der Waals surface area contributed by atoms with Crippen LogP contribution in [0, 0.1) is 0 Å². The molecule has 0 heterocycles. The van der Waals surface area contributed by atoms with Gasteiger partial charge in [0.25, 0.3) is 0 Å². The number of hydrogen-bond donors (Lipinski definition) is 1. The molecule has 0 fully saturated rings. The first-order valence-corrected chi connectivity index (χ1v) is 11.4. The predicted octanol–water partition coefficient (Wildman–Crippen LogP) is 5.17. The summed E-state index contributed by atoms with van der Waals surface area (Å²) >= 11 is 14.3. The fourth-order valence-corrected chi connectivity index (χ4v) is 4.42. The Morgan fingerprint density at radius 1 is 1.07 bits per heavy atom. The van der Waals surface area contributed by atoms with E-state index in [-0.39, 0.29) is 18.4 Å². The van der Waals surface area contributed by atoms with Crippen LogP contribution >= 0.6 is 35.0 Å². The number of likely N-dealkylation sites (N-methyl/N-ethyl adjacent to an activating group) is 1. The van der Waals surface area contributed by atoms with Crippen molar-refractivity contribution >= 4 is 46.8 Å². The van der Waals surface area contributed by atoms with Crippen molar-refractivity contribution in [1.29, 1.82) is 0 Å². The summed E-state index contributed by atoms with van der Waals surface area (Å²) in [4.78, 5) is 27.0. The summed E-state index contributed by atoms with van der Waals surface area (Å²) in [5.41, 5.74) is 1.88. The standard InChI is InChI=1S/C22H26Cl2N2O2S/c1-3-20(22(28)25-2)26(14-17-18(23)10-7-11-19(17)24)21(27)12-13-29-15-16-8-5-4-6-9-16/h4-11,20H,3,12-15H2,1-2H3,(H,25,28)/t20-/m1/s1. The number of hydrogen-bond acceptors (Lipinski definition) is 3. The van der Waals surface area contributed by atoms with Gasteiger partial charge < -0.3 is 10.2 Å². The molecule has 0 saturated heterocycles. The Hall–Kier alpha value is -1.69. The van der Waals surface area contributed by atoms with E-state index >= 15 is 0 Å². The number of carbonyl (C=O) groups is 2. The molecule has 1 atom stereocenters. The monoisotopic (exact) mass is 452 g/mol. The zero-order chi connectivity index (χ0) is 21.2. The van der Waals surface area contributed by atoms with Gasteiger partial charge in [0.1, 0.15) is 6.04 Å². The van der Waals surface area contributed by atoms with Crippen LogP contribution in [0.15, 0.2) is 48.5 Å². The Labute approximate surface area is 187 Å². The van der Waals surface area contributed by atoms with Gasteiger partial charge in [-0.1, -0.05) is 66.5 Å². The van der Waals surface area contributed by atoms with E-state index in [0.717, 1.165) is 5.75 Å². The summed E-state index contributed by atoms with van der Waals surface area (Å²) in [6.45, 7) is 2.09. The lowest BCUT2D eigenvalue weighted by molar-refractivity contribution is -0.140. The van der Waals surface area contributed by atoms with Crippen molar-refractivity contribution in [1.82, 2.24) is 10.2 Å². The van der Waals surface area contributed by atoms with Gasteiger partial charge in [-0.25, -0.2) is 0 Å². The first kappa shape index (κ1) is 23.6. The van der Waals surface area contributed by atoms with Crippen LogP contribution in [0.3, 0.4) is 0 Å². The van der Waals surface area contributed by atoms with Gasteiger partial charge in [-0.2, -0.15) is 11.8 Å². The van der Waals surface area contributed by atoms with E-state index in [1.807, 2.05) is 25.1 Å². The molecule has 1 N–H and O–H groups in total. The van der Waals surface area contributed by atoms with Crippen LogP contribution in [0.5, 0.6) is 0 Å². The zero-order valence-corrected chi connectivity index (χ0v) is 19.0. The maximum Gasteiger partial charge on any atom is 0.242 e. The molecule has 0 aliphatic heterocycles. The maximum absolute atomic E-state index is 13.0. The van der Waals surface area contributed by atoms with Crippen molar-refractivity contribution in [2.24, 2.45) is 0 Å². The lowest BCUT2D eigenvalue weighted by Crippen LogP contribution is -2.48.